The Hall–Kier alpha value is -5.03. The molecule has 0 saturated carbocycles. The molecule has 1 aromatic heterocycles. The van der Waals surface area contributed by atoms with Crippen molar-refractivity contribution in [2.75, 3.05) is 13.2 Å². The fraction of sp³-hybridized carbons (Fsp3) is 0.289. The average Bonchev–Trinajstić information content (AvgIpc) is 3.53. The van der Waals surface area contributed by atoms with Gasteiger partial charge in [0.2, 0.25) is 0 Å². The van der Waals surface area contributed by atoms with Gasteiger partial charge >= 0.3 is 12.0 Å². The lowest BCUT2D eigenvalue weighted by molar-refractivity contribution is -0.276. The number of para-hydroxylation sites is 2. The summed E-state index contributed by atoms with van der Waals surface area (Å²) >= 11 is 0. The van der Waals surface area contributed by atoms with Gasteiger partial charge in [-0.3, -0.25) is 4.79 Å². The van der Waals surface area contributed by atoms with E-state index in [0.29, 0.717) is 6.54 Å². The number of imidazole rings is 1. The summed E-state index contributed by atoms with van der Waals surface area (Å²) < 4.78 is 20.4. The maximum absolute atomic E-state index is 12.2. The molecule has 4 atom stereocenters. The fourth-order valence-electron chi connectivity index (χ4n) is 6.01. The van der Waals surface area contributed by atoms with Crippen LogP contribution in [0.5, 0.6) is 0 Å². The van der Waals surface area contributed by atoms with Crippen LogP contribution in [0, 0.1) is 5.92 Å². The van der Waals surface area contributed by atoms with Crippen LogP contribution in [0.15, 0.2) is 103 Å². The van der Waals surface area contributed by atoms with Crippen LogP contribution >= 0.6 is 0 Å². The van der Waals surface area contributed by atoms with Crippen LogP contribution in [0.3, 0.4) is 0 Å². The SMILES string of the molecule is CCOC(=O)CNC(=O)NCc1cccc(-c2cccc(C3OC(Cn4cnc5ccccc54)C(C)C(c4ccc(CO)cc4)O3)c2)c1. The number of nitrogens with zero attached hydrogens (tertiary/aromatic N) is 2. The Balaban J connectivity index is 1.22. The first kappa shape index (κ1) is 32.9. The summed E-state index contributed by atoms with van der Waals surface area (Å²) in [6, 6.07) is 31.6. The summed E-state index contributed by atoms with van der Waals surface area (Å²) in [5, 5.41) is 14.9. The number of nitrogens with one attached hydrogen (secondary N) is 2. The topological polar surface area (TPSA) is 124 Å². The molecule has 48 heavy (non-hydrogen) atoms. The molecule has 0 spiro atoms. The minimum absolute atomic E-state index is 0.0177. The van der Waals surface area contributed by atoms with Crippen molar-refractivity contribution in [1.29, 1.82) is 0 Å². The Morgan fingerprint density at radius 2 is 1.65 bits per heavy atom. The Labute approximate surface area is 279 Å². The van der Waals surface area contributed by atoms with E-state index in [1.807, 2.05) is 91.3 Å². The quantitative estimate of drug-likeness (QED) is 0.149. The zero-order chi connectivity index (χ0) is 33.5. The first-order valence-corrected chi connectivity index (χ1v) is 16.2. The fourth-order valence-corrected chi connectivity index (χ4v) is 6.01. The van der Waals surface area contributed by atoms with Gasteiger partial charge in [0.05, 0.1) is 49.3 Å². The molecule has 10 heteroatoms. The van der Waals surface area contributed by atoms with E-state index in [4.69, 9.17) is 14.2 Å². The van der Waals surface area contributed by atoms with E-state index in [2.05, 4.69) is 39.2 Å². The lowest BCUT2D eigenvalue weighted by Gasteiger charge is -2.41. The van der Waals surface area contributed by atoms with E-state index in [0.717, 1.165) is 44.4 Å². The highest BCUT2D eigenvalue weighted by Gasteiger charge is 2.38. The third-order valence-corrected chi connectivity index (χ3v) is 8.60. The number of aromatic nitrogens is 2. The zero-order valence-corrected chi connectivity index (χ0v) is 27.0. The number of carbonyl (C=O) groups is 2. The zero-order valence-electron chi connectivity index (χ0n) is 27.0. The second-order valence-electron chi connectivity index (χ2n) is 11.9. The first-order valence-electron chi connectivity index (χ1n) is 16.2. The van der Waals surface area contributed by atoms with E-state index in [1.165, 1.54) is 0 Å². The summed E-state index contributed by atoms with van der Waals surface area (Å²) in [4.78, 5) is 28.3. The summed E-state index contributed by atoms with van der Waals surface area (Å²) in [5.74, 6) is -0.466. The highest BCUT2D eigenvalue weighted by Crippen LogP contribution is 2.43. The van der Waals surface area contributed by atoms with Gasteiger partial charge in [-0.05, 0) is 59.0 Å². The number of ether oxygens (including phenoxy) is 3. The maximum atomic E-state index is 12.2. The van der Waals surface area contributed by atoms with Crippen molar-refractivity contribution >= 4 is 23.0 Å². The van der Waals surface area contributed by atoms with Crippen molar-refractivity contribution in [3.8, 4) is 11.1 Å². The van der Waals surface area contributed by atoms with E-state index in [9.17, 15) is 14.7 Å². The molecule has 0 bridgehead atoms. The summed E-state index contributed by atoms with van der Waals surface area (Å²) in [6.45, 7) is 4.81. The maximum Gasteiger partial charge on any atom is 0.325 e. The predicted octanol–water partition coefficient (Wildman–Crippen LogP) is 6.05. The molecule has 1 aliphatic heterocycles. The van der Waals surface area contributed by atoms with Gasteiger partial charge in [0.15, 0.2) is 6.29 Å². The third-order valence-electron chi connectivity index (χ3n) is 8.60. The highest BCUT2D eigenvalue weighted by atomic mass is 16.7. The normalized spacial score (nSPS) is 19.1. The van der Waals surface area contributed by atoms with Crippen molar-refractivity contribution < 1.29 is 28.9 Å². The van der Waals surface area contributed by atoms with Crippen LogP contribution < -0.4 is 10.6 Å². The number of hydrogen-bond acceptors (Lipinski definition) is 7. The standard InChI is InChI=1S/C38H40N4O6/c1-3-46-35(44)21-40-38(45)39-20-27-8-6-9-29(18-27)30-10-7-11-31(19-30)37-47-34(22-42-24-41-32-12-4-5-13-33(32)42)25(2)36(48-37)28-16-14-26(23-43)15-17-28/h4-19,24-25,34,36-37,43H,3,20-23H2,1-2H3,(H2,39,40,45). The molecule has 1 saturated heterocycles. The van der Waals surface area contributed by atoms with Gasteiger partial charge in [0.1, 0.15) is 6.54 Å². The number of hydrogen-bond donors (Lipinski definition) is 3. The third kappa shape index (κ3) is 7.74. The minimum Gasteiger partial charge on any atom is -0.465 e. The Morgan fingerprint density at radius 1 is 0.875 bits per heavy atom. The number of rotatable bonds is 11. The van der Waals surface area contributed by atoms with Crippen LogP contribution in [-0.2, 0) is 38.7 Å². The van der Waals surface area contributed by atoms with E-state index >= 15 is 0 Å². The Bertz CT molecular complexity index is 1860. The van der Waals surface area contributed by atoms with Crippen molar-refractivity contribution in [3.63, 3.8) is 0 Å². The van der Waals surface area contributed by atoms with E-state index in [-0.39, 0.29) is 44.4 Å². The number of benzene rings is 4. The Morgan fingerprint density at radius 3 is 2.44 bits per heavy atom. The molecule has 2 amide bonds. The van der Waals surface area contributed by atoms with Crippen molar-refractivity contribution in [1.82, 2.24) is 20.2 Å². The van der Waals surface area contributed by atoms with Gasteiger partial charge in [-0.1, -0.05) is 79.7 Å². The lowest BCUT2D eigenvalue weighted by atomic mass is 9.90. The molecular formula is C38H40N4O6. The number of amides is 2. The van der Waals surface area contributed by atoms with Gasteiger partial charge < -0.3 is 34.5 Å². The van der Waals surface area contributed by atoms with Crippen LogP contribution in [0.2, 0.25) is 0 Å². The van der Waals surface area contributed by atoms with Gasteiger partial charge in [0, 0.05) is 18.0 Å². The number of aliphatic hydroxyl groups is 1. The molecule has 0 aliphatic carbocycles. The number of urea groups is 1. The largest absolute Gasteiger partial charge is 0.465 e. The van der Waals surface area contributed by atoms with Crippen molar-refractivity contribution in [2.45, 2.75) is 52.0 Å². The lowest BCUT2D eigenvalue weighted by Crippen LogP contribution is -2.39. The summed E-state index contributed by atoms with van der Waals surface area (Å²) in [6.07, 6.45) is 0.806. The second kappa shape index (κ2) is 15.2. The number of esters is 1. The number of carbonyl (C=O) groups excluding carboxylic acids is 2. The molecular weight excluding hydrogens is 608 g/mol. The molecule has 1 aliphatic rings. The molecule has 4 unspecified atom stereocenters. The highest BCUT2D eigenvalue weighted by molar-refractivity contribution is 5.80. The van der Waals surface area contributed by atoms with Gasteiger partial charge in [-0.25, -0.2) is 9.78 Å². The van der Waals surface area contributed by atoms with Gasteiger partial charge in [0.25, 0.3) is 0 Å². The molecule has 4 aromatic carbocycles. The van der Waals surface area contributed by atoms with E-state index < -0.39 is 18.3 Å². The molecule has 10 nitrogen and oxygen atoms in total. The average molecular weight is 649 g/mol. The summed E-state index contributed by atoms with van der Waals surface area (Å²) in [5.41, 5.74) is 7.61. The molecule has 1 fully saturated rings. The molecule has 2 heterocycles. The number of aliphatic hydroxyl groups excluding tert-OH is 1. The number of fused-ring (bicyclic) bond motifs is 1. The van der Waals surface area contributed by atoms with Gasteiger partial charge in [-0.2, -0.15) is 0 Å². The van der Waals surface area contributed by atoms with Crippen LogP contribution in [0.25, 0.3) is 22.2 Å². The molecule has 5 aromatic rings. The molecule has 6 rings (SSSR count). The van der Waals surface area contributed by atoms with Gasteiger partial charge in [-0.15, -0.1) is 0 Å². The Kier molecular flexibility index (Phi) is 10.4. The monoisotopic (exact) mass is 648 g/mol. The smallest absolute Gasteiger partial charge is 0.325 e. The van der Waals surface area contributed by atoms with E-state index in [1.54, 1.807) is 6.92 Å². The van der Waals surface area contributed by atoms with Crippen molar-refractivity contribution in [3.05, 3.63) is 126 Å². The molecule has 3 N–H and O–H groups in total. The van der Waals surface area contributed by atoms with Crippen LogP contribution in [0.1, 0.15) is 48.5 Å². The summed E-state index contributed by atoms with van der Waals surface area (Å²) in [7, 11) is 0. The van der Waals surface area contributed by atoms with Crippen molar-refractivity contribution in [2.24, 2.45) is 5.92 Å². The van der Waals surface area contributed by atoms with Crippen LogP contribution in [0.4, 0.5) is 4.79 Å². The molecule has 0 radical (unpaired) electrons. The second-order valence-corrected chi connectivity index (χ2v) is 11.9. The van der Waals surface area contributed by atoms with Crippen LogP contribution in [-0.4, -0.2) is 45.9 Å². The minimum atomic E-state index is -0.628. The first-order chi connectivity index (χ1) is 23.4. The molecule has 248 valence electrons. The predicted molar refractivity (Wildman–Crippen MR) is 181 cm³/mol.